The van der Waals surface area contributed by atoms with Crippen LogP contribution >= 0.6 is 0 Å². The van der Waals surface area contributed by atoms with Crippen molar-refractivity contribution >= 4 is 11.6 Å². The van der Waals surface area contributed by atoms with E-state index < -0.39 is 0 Å². The molecule has 0 saturated carbocycles. The van der Waals surface area contributed by atoms with Gasteiger partial charge >= 0.3 is 0 Å². The van der Waals surface area contributed by atoms with E-state index in [1.807, 2.05) is 20.8 Å². The lowest BCUT2D eigenvalue weighted by atomic mass is 10.2. The monoisotopic (exact) mass is 234 g/mol. The lowest BCUT2D eigenvalue weighted by molar-refractivity contribution is 0.0954. The summed E-state index contributed by atoms with van der Waals surface area (Å²) in [6, 6.07) is 6.98. The van der Waals surface area contributed by atoms with Crippen LogP contribution in [0.5, 0.6) is 5.75 Å². The highest BCUT2D eigenvalue weighted by Gasteiger charge is 2.04. The molecule has 0 aliphatic carbocycles. The average molecular weight is 234 g/mol. The van der Waals surface area contributed by atoms with Crippen LogP contribution in [0.15, 0.2) is 29.4 Å². The quantitative estimate of drug-likeness (QED) is 0.629. The van der Waals surface area contributed by atoms with Gasteiger partial charge in [0.05, 0.1) is 6.61 Å². The molecule has 4 nitrogen and oxygen atoms in total. The van der Waals surface area contributed by atoms with Crippen molar-refractivity contribution in [3.63, 3.8) is 0 Å². The molecule has 4 heteroatoms. The Bertz CT molecular complexity index is 396. The number of hydrazone groups is 1. The highest BCUT2D eigenvalue weighted by Crippen LogP contribution is 2.11. The third-order valence-corrected chi connectivity index (χ3v) is 2.29. The van der Waals surface area contributed by atoms with Gasteiger partial charge in [0.1, 0.15) is 5.75 Å². The van der Waals surface area contributed by atoms with E-state index in [2.05, 4.69) is 10.5 Å². The van der Waals surface area contributed by atoms with Gasteiger partial charge in [-0.05, 0) is 44.5 Å². The van der Waals surface area contributed by atoms with Gasteiger partial charge in [0.15, 0.2) is 0 Å². The average Bonchev–Trinajstić information content (AvgIpc) is 2.36. The Morgan fingerprint density at radius 3 is 2.47 bits per heavy atom. The van der Waals surface area contributed by atoms with Gasteiger partial charge in [0, 0.05) is 11.3 Å². The molecule has 0 atom stereocenters. The first kappa shape index (κ1) is 13.2. The van der Waals surface area contributed by atoms with Gasteiger partial charge in [-0.15, -0.1) is 0 Å². The lowest BCUT2D eigenvalue weighted by Crippen LogP contribution is -2.18. The number of hydrogen-bond donors (Lipinski definition) is 1. The van der Waals surface area contributed by atoms with Crippen molar-refractivity contribution in [2.45, 2.75) is 27.2 Å². The number of ether oxygens (including phenoxy) is 1. The van der Waals surface area contributed by atoms with Crippen LogP contribution in [0.4, 0.5) is 0 Å². The first-order valence-electron chi connectivity index (χ1n) is 5.73. The molecule has 0 aliphatic rings. The zero-order valence-electron chi connectivity index (χ0n) is 10.5. The minimum atomic E-state index is -0.208. The van der Waals surface area contributed by atoms with E-state index in [0.717, 1.165) is 17.9 Å². The molecule has 1 aromatic rings. The SMILES string of the molecule is CCOc1ccc(C(=O)N/N=C(/C)CC)cc1. The van der Waals surface area contributed by atoms with E-state index in [9.17, 15) is 4.79 Å². The molecule has 0 radical (unpaired) electrons. The Morgan fingerprint density at radius 1 is 1.29 bits per heavy atom. The summed E-state index contributed by atoms with van der Waals surface area (Å²) in [4.78, 5) is 11.7. The van der Waals surface area contributed by atoms with Crippen molar-refractivity contribution in [2.75, 3.05) is 6.61 Å². The second-order valence-electron chi connectivity index (χ2n) is 3.60. The Balaban J connectivity index is 2.63. The summed E-state index contributed by atoms with van der Waals surface area (Å²) < 4.78 is 5.30. The first-order valence-corrected chi connectivity index (χ1v) is 5.73. The standard InChI is InChI=1S/C13H18N2O2/c1-4-10(3)14-15-13(16)11-6-8-12(9-7-11)17-5-2/h6-9H,4-5H2,1-3H3,(H,15,16)/b14-10-. The van der Waals surface area contributed by atoms with Crippen molar-refractivity contribution in [3.8, 4) is 5.75 Å². The smallest absolute Gasteiger partial charge is 0.271 e. The van der Waals surface area contributed by atoms with Crippen LogP contribution in [-0.2, 0) is 0 Å². The van der Waals surface area contributed by atoms with Gasteiger partial charge in [-0.1, -0.05) is 6.92 Å². The van der Waals surface area contributed by atoms with Gasteiger partial charge in [-0.2, -0.15) is 5.10 Å². The number of carbonyl (C=O) groups is 1. The number of hydrogen-bond acceptors (Lipinski definition) is 3. The van der Waals surface area contributed by atoms with Crippen LogP contribution in [0.1, 0.15) is 37.6 Å². The molecule has 0 spiro atoms. The van der Waals surface area contributed by atoms with E-state index in [0.29, 0.717) is 12.2 Å². The van der Waals surface area contributed by atoms with E-state index in [4.69, 9.17) is 4.74 Å². The van der Waals surface area contributed by atoms with Crippen LogP contribution in [0, 0.1) is 0 Å². The van der Waals surface area contributed by atoms with Crippen molar-refractivity contribution < 1.29 is 9.53 Å². The van der Waals surface area contributed by atoms with Gasteiger partial charge in [-0.25, -0.2) is 5.43 Å². The molecule has 1 aromatic carbocycles. The zero-order chi connectivity index (χ0) is 12.7. The molecule has 0 fully saturated rings. The van der Waals surface area contributed by atoms with E-state index in [1.165, 1.54) is 0 Å². The summed E-state index contributed by atoms with van der Waals surface area (Å²) in [6.07, 6.45) is 0.823. The van der Waals surface area contributed by atoms with Crippen LogP contribution < -0.4 is 10.2 Å². The molecule has 0 aromatic heterocycles. The first-order chi connectivity index (χ1) is 8.17. The number of nitrogens with one attached hydrogen (secondary N) is 1. The molecule has 0 bridgehead atoms. The van der Waals surface area contributed by atoms with Crippen LogP contribution in [-0.4, -0.2) is 18.2 Å². The minimum absolute atomic E-state index is 0.208. The summed E-state index contributed by atoms with van der Waals surface area (Å²) in [5.74, 6) is 0.554. The maximum atomic E-state index is 11.7. The zero-order valence-corrected chi connectivity index (χ0v) is 10.5. The van der Waals surface area contributed by atoms with Crippen molar-refractivity contribution in [1.29, 1.82) is 0 Å². The summed E-state index contributed by atoms with van der Waals surface area (Å²) in [5.41, 5.74) is 3.97. The summed E-state index contributed by atoms with van der Waals surface area (Å²) in [7, 11) is 0. The summed E-state index contributed by atoms with van der Waals surface area (Å²) in [6.45, 7) is 6.40. The number of rotatable bonds is 5. The fourth-order valence-electron chi connectivity index (χ4n) is 1.16. The van der Waals surface area contributed by atoms with Crippen LogP contribution in [0.3, 0.4) is 0 Å². The predicted molar refractivity (Wildman–Crippen MR) is 68.5 cm³/mol. The Hall–Kier alpha value is -1.84. The van der Waals surface area contributed by atoms with Gasteiger partial charge in [0.25, 0.3) is 5.91 Å². The maximum Gasteiger partial charge on any atom is 0.271 e. The lowest BCUT2D eigenvalue weighted by Gasteiger charge is -2.04. The van der Waals surface area contributed by atoms with Crippen molar-refractivity contribution in [2.24, 2.45) is 5.10 Å². The second-order valence-corrected chi connectivity index (χ2v) is 3.60. The van der Waals surface area contributed by atoms with Crippen molar-refractivity contribution in [3.05, 3.63) is 29.8 Å². The molecule has 0 unspecified atom stereocenters. The molecule has 92 valence electrons. The molecule has 17 heavy (non-hydrogen) atoms. The fourth-order valence-corrected chi connectivity index (χ4v) is 1.16. The summed E-state index contributed by atoms with van der Waals surface area (Å²) >= 11 is 0. The van der Waals surface area contributed by atoms with E-state index in [1.54, 1.807) is 24.3 Å². The van der Waals surface area contributed by atoms with Crippen LogP contribution in [0.25, 0.3) is 0 Å². The highest BCUT2D eigenvalue weighted by molar-refractivity contribution is 5.95. The second kappa shape index (κ2) is 6.68. The minimum Gasteiger partial charge on any atom is -0.494 e. The largest absolute Gasteiger partial charge is 0.494 e. The Labute approximate surface area is 102 Å². The number of benzene rings is 1. The molecule has 0 heterocycles. The fraction of sp³-hybridized carbons (Fsp3) is 0.385. The molecule has 0 saturated heterocycles. The van der Waals surface area contributed by atoms with Crippen LogP contribution in [0.2, 0.25) is 0 Å². The Kier molecular flexibility index (Phi) is 5.20. The van der Waals surface area contributed by atoms with Gasteiger partial charge in [-0.3, -0.25) is 4.79 Å². The summed E-state index contributed by atoms with van der Waals surface area (Å²) in [5, 5.41) is 3.96. The molecule has 0 aliphatic heterocycles. The molecule has 1 amide bonds. The third-order valence-electron chi connectivity index (χ3n) is 2.29. The predicted octanol–water partition coefficient (Wildman–Crippen LogP) is 2.60. The van der Waals surface area contributed by atoms with Gasteiger partial charge < -0.3 is 4.74 Å². The van der Waals surface area contributed by atoms with Gasteiger partial charge in [0.2, 0.25) is 0 Å². The maximum absolute atomic E-state index is 11.7. The van der Waals surface area contributed by atoms with E-state index >= 15 is 0 Å². The number of amides is 1. The highest BCUT2D eigenvalue weighted by atomic mass is 16.5. The van der Waals surface area contributed by atoms with E-state index in [-0.39, 0.29) is 5.91 Å². The topological polar surface area (TPSA) is 50.7 Å². The molecular formula is C13H18N2O2. The normalized spacial score (nSPS) is 11.1. The Morgan fingerprint density at radius 2 is 1.94 bits per heavy atom. The molecular weight excluding hydrogens is 216 g/mol. The third kappa shape index (κ3) is 4.26. The number of nitrogens with zero attached hydrogens (tertiary/aromatic N) is 1. The van der Waals surface area contributed by atoms with Crippen molar-refractivity contribution in [1.82, 2.24) is 5.43 Å². The number of carbonyl (C=O) groups excluding carboxylic acids is 1. The molecule has 1 rings (SSSR count). The molecule has 1 N–H and O–H groups in total.